The lowest BCUT2D eigenvalue weighted by Gasteiger charge is -2.39. The number of hydrogen-bond acceptors (Lipinski definition) is 2. The van der Waals surface area contributed by atoms with Crippen molar-refractivity contribution in [3.8, 4) is 11.3 Å². The van der Waals surface area contributed by atoms with Crippen LogP contribution >= 0.6 is 11.3 Å². The molecule has 6 rings (SSSR count). The number of rotatable bonds is 2. The van der Waals surface area contributed by atoms with Crippen LogP contribution in [-0.4, -0.2) is 13.1 Å². The molecule has 1 aliphatic rings. The average molecular weight is 508 g/mol. The van der Waals surface area contributed by atoms with Crippen LogP contribution in [0.5, 0.6) is 0 Å². The fourth-order valence-corrected chi connectivity index (χ4v) is 9.48. The van der Waals surface area contributed by atoms with Gasteiger partial charge in [-0.15, -0.1) is 11.3 Å². The smallest absolute Gasteiger partial charge is 0.0888 e. The minimum absolute atomic E-state index is 0.158. The molecule has 0 atom stereocenters. The van der Waals surface area contributed by atoms with Crippen molar-refractivity contribution in [2.24, 2.45) is 0 Å². The fraction of sp³-hybridized carbons (Fsp3) is 0.364. The quantitative estimate of drug-likeness (QED) is 0.217. The highest BCUT2D eigenvalue weighted by atomic mass is 32.1. The van der Waals surface area contributed by atoms with Gasteiger partial charge < -0.3 is 0 Å². The molecule has 0 fully saturated rings. The van der Waals surface area contributed by atoms with Gasteiger partial charge in [0.1, 0.15) is 0 Å². The van der Waals surface area contributed by atoms with Gasteiger partial charge in [-0.2, -0.15) is 0 Å². The highest BCUT2D eigenvalue weighted by Crippen LogP contribution is 2.55. The Kier molecular flexibility index (Phi) is 5.14. The number of aryl methyl sites for hydroxylation is 1. The Balaban J connectivity index is 1.80. The van der Waals surface area contributed by atoms with Gasteiger partial charge in [0.05, 0.1) is 24.0 Å². The summed E-state index contributed by atoms with van der Waals surface area (Å²) in [5, 5.41) is 7.04. The summed E-state index contributed by atoms with van der Waals surface area (Å²) in [6.07, 6.45) is 2.45. The van der Waals surface area contributed by atoms with Crippen LogP contribution < -0.4 is 5.19 Å². The molecule has 0 radical (unpaired) electrons. The Morgan fingerprint density at radius 3 is 2.31 bits per heavy atom. The predicted octanol–water partition coefficient (Wildman–Crippen LogP) is 9.47. The van der Waals surface area contributed by atoms with Gasteiger partial charge in [-0.05, 0) is 65.1 Å². The maximum atomic E-state index is 5.41. The number of hydrogen-bond donors (Lipinski definition) is 0. The molecule has 3 aromatic carbocycles. The lowest BCUT2D eigenvalue weighted by Crippen LogP contribution is -2.38. The van der Waals surface area contributed by atoms with Crippen molar-refractivity contribution in [1.29, 1.82) is 0 Å². The molecule has 5 aromatic rings. The molecule has 0 amide bonds. The van der Waals surface area contributed by atoms with Crippen LogP contribution in [0.2, 0.25) is 19.6 Å². The molecule has 184 valence electrons. The van der Waals surface area contributed by atoms with Crippen LogP contribution in [0.4, 0.5) is 0 Å². The molecule has 0 bridgehead atoms. The average Bonchev–Trinajstić information content (AvgIpc) is 3.24. The van der Waals surface area contributed by atoms with Crippen molar-refractivity contribution in [3.05, 3.63) is 70.6 Å². The van der Waals surface area contributed by atoms with Crippen molar-refractivity contribution < 1.29 is 0 Å². The summed E-state index contributed by atoms with van der Waals surface area (Å²) in [5.74, 6) is 0. The monoisotopic (exact) mass is 507 g/mol. The van der Waals surface area contributed by atoms with Gasteiger partial charge in [0.2, 0.25) is 0 Å². The van der Waals surface area contributed by atoms with Crippen molar-refractivity contribution in [2.75, 3.05) is 0 Å². The predicted molar refractivity (Wildman–Crippen MR) is 163 cm³/mol. The summed E-state index contributed by atoms with van der Waals surface area (Å²) in [6.45, 7) is 19.4. The van der Waals surface area contributed by atoms with Crippen molar-refractivity contribution in [1.82, 2.24) is 4.98 Å². The van der Waals surface area contributed by atoms with Crippen LogP contribution in [0.25, 0.3) is 43.0 Å². The largest absolute Gasteiger partial charge is 0.246 e. The van der Waals surface area contributed by atoms with Gasteiger partial charge in [0, 0.05) is 21.2 Å². The summed E-state index contributed by atoms with van der Waals surface area (Å²) in [7, 11) is -1.57. The summed E-state index contributed by atoms with van der Waals surface area (Å²) in [4.78, 5) is 6.98. The zero-order chi connectivity index (χ0) is 25.6. The first-order valence-corrected chi connectivity index (χ1v) is 17.6. The highest BCUT2D eigenvalue weighted by Gasteiger charge is 2.41. The Hall–Kier alpha value is -2.49. The first-order chi connectivity index (χ1) is 16.9. The number of benzene rings is 3. The van der Waals surface area contributed by atoms with Gasteiger partial charge in [-0.25, -0.2) is 4.98 Å². The normalized spacial score (nSPS) is 17.1. The molecule has 36 heavy (non-hydrogen) atoms. The first-order valence-electron chi connectivity index (χ1n) is 13.3. The van der Waals surface area contributed by atoms with Crippen LogP contribution in [0, 0.1) is 6.92 Å². The van der Waals surface area contributed by atoms with Gasteiger partial charge in [0.25, 0.3) is 0 Å². The third kappa shape index (κ3) is 3.58. The van der Waals surface area contributed by atoms with E-state index in [0.717, 1.165) is 11.2 Å². The lowest BCUT2D eigenvalue weighted by atomic mass is 9.66. The molecule has 0 saturated carbocycles. The molecular formula is C33H37NSSi. The topological polar surface area (TPSA) is 12.9 Å². The van der Waals surface area contributed by atoms with E-state index in [9.17, 15) is 0 Å². The second-order valence-corrected chi connectivity index (χ2v) is 19.3. The van der Waals surface area contributed by atoms with E-state index >= 15 is 0 Å². The Morgan fingerprint density at radius 2 is 1.56 bits per heavy atom. The number of fused-ring (bicyclic) bond motifs is 6. The molecule has 2 aromatic heterocycles. The Bertz CT molecular complexity index is 1680. The van der Waals surface area contributed by atoms with E-state index in [4.69, 9.17) is 4.98 Å². The van der Waals surface area contributed by atoms with E-state index in [2.05, 4.69) is 109 Å². The second kappa shape index (κ2) is 7.75. The maximum Gasteiger partial charge on any atom is 0.0888 e. The third-order valence-electron chi connectivity index (χ3n) is 8.39. The third-order valence-corrected chi connectivity index (χ3v) is 12.0. The van der Waals surface area contributed by atoms with Gasteiger partial charge in [0.15, 0.2) is 0 Å². The van der Waals surface area contributed by atoms with Crippen molar-refractivity contribution >= 4 is 56.4 Å². The minimum atomic E-state index is -1.57. The zero-order valence-electron chi connectivity index (χ0n) is 23.0. The first kappa shape index (κ1) is 23.9. The summed E-state index contributed by atoms with van der Waals surface area (Å²) in [6, 6.07) is 20.6. The Labute approximate surface area is 220 Å². The summed E-state index contributed by atoms with van der Waals surface area (Å²) in [5.41, 5.74) is 6.78. The molecule has 2 heterocycles. The van der Waals surface area contributed by atoms with E-state index in [0.29, 0.717) is 0 Å². The van der Waals surface area contributed by atoms with Gasteiger partial charge >= 0.3 is 0 Å². The van der Waals surface area contributed by atoms with Crippen LogP contribution in [0.3, 0.4) is 0 Å². The van der Waals surface area contributed by atoms with Crippen LogP contribution in [-0.2, 0) is 10.8 Å². The summed E-state index contributed by atoms with van der Waals surface area (Å²) >= 11 is 2.02. The van der Waals surface area contributed by atoms with Crippen molar-refractivity contribution in [2.45, 2.75) is 77.9 Å². The number of pyridine rings is 1. The van der Waals surface area contributed by atoms with E-state index in [1.54, 1.807) is 10.4 Å². The SMILES string of the molecule is Cc1ccc2nc(-c3cc([Si](C)(C)C)c4ccccc4c3)c3sc4c(c3c2c1)C(C)(C)CCC4(C)C. The molecule has 0 unspecified atom stereocenters. The van der Waals surface area contributed by atoms with E-state index in [1.807, 2.05) is 11.3 Å². The summed E-state index contributed by atoms with van der Waals surface area (Å²) < 4.78 is 1.37. The molecular weight excluding hydrogens is 471 g/mol. The van der Waals surface area contributed by atoms with Gasteiger partial charge in [-0.1, -0.05) is 94.5 Å². The fourth-order valence-electron chi connectivity index (χ4n) is 6.22. The number of aromatic nitrogens is 1. The Morgan fingerprint density at radius 1 is 0.833 bits per heavy atom. The van der Waals surface area contributed by atoms with Crippen LogP contribution in [0.1, 0.15) is 56.5 Å². The molecule has 0 N–H and O–H groups in total. The minimum Gasteiger partial charge on any atom is -0.246 e. The van der Waals surface area contributed by atoms with Crippen LogP contribution in [0.15, 0.2) is 54.6 Å². The van der Waals surface area contributed by atoms with E-state index in [1.165, 1.54) is 55.4 Å². The van der Waals surface area contributed by atoms with E-state index in [-0.39, 0.29) is 10.8 Å². The molecule has 1 aliphatic carbocycles. The molecule has 0 saturated heterocycles. The van der Waals surface area contributed by atoms with Crippen molar-refractivity contribution in [3.63, 3.8) is 0 Å². The highest BCUT2D eigenvalue weighted by molar-refractivity contribution is 7.20. The standard InChI is InChI=1S/C33H37NSSi/c1-20-13-14-25-24(17-20)27-28-31(33(4,5)16-15-32(28,2)3)35-30(27)29(34-25)22-18-21-11-9-10-12-23(21)26(19-22)36(6,7)8/h9-14,17-19H,15-16H2,1-8H3. The van der Waals surface area contributed by atoms with Gasteiger partial charge in [-0.3, -0.25) is 0 Å². The number of nitrogens with zero attached hydrogens (tertiary/aromatic N) is 1. The molecule has 1 nitrogen and oxygen atoms in total. The molecule has 0 spiro atoms. The lowest BCUT2D eigenvalue weighted by molar-refractivity contribution is 0.341. The number of thiophene rings is 1. The zero-order valence-corrected chi connectivity index (χ0v) is 24.8. The maximum absolute atomic E-state index is 5.41. The van der Waals surface area contributed by atoms with E-state index < -0.39 is 8.07 Å². The second-order valence-electron chi connectivity index (χ2n) is 13.3. The molecule has 3 heteroatoms. The molecule has 0 aliphatic heterocycles.